The number of hydrazine groups is 1. The van der Waals surface area contributed by atoms with Crippen molar-refractivity contribution in [1.29, 1.82) is 0 Å². The number of nitrogens with two attached hydrogens (primary N) is 1. The lowest BCUT2D eigenvalue weighted by atomic mass is 9.98. The lowest BCUT2D eigenvalue weighted by molar-refractivity contribution is 0.454. The van der Waals surface area contributed by atoms with Crippen LogP contribution in [0.2, 0.25) is 0 Å². The highest BCUT2D eigenvalue weighted by Crippen LogP contribution is 2.27. The molecule has 4 N–H and O–H groups in total. The SMILES string of the molecule is CC(C)c1ccc(O)c(C(C)NN)c1. The van der Waals surface area contributed by atoms with E-state index in [1.165, 1.54) is 5.56 Å². The molecule has 0 saturated carbocycles. The highest BCUT2D eigenvalue weighted by atomic mass is 16.3. The maximum Gasteiger partial charge on any atom is 0.120 e. The lowest BCUT2D eigenvalue weighted by Gasteiger charge is -2.15. The first-order chi connectivity index (χ1) is 6.56. The summed E-state index contributed by atoms with van der Waals surface area (Å²) in [5, 5.41) is 9.62. The van der Waals surface area contributed by atoms with Crippen molar-refractivity contribution in [2.75, 3.05) is 0 Å². The number of phenols is 1. The largest absolute Gasteiger partial charge is 0.508 e. The summed E-state index contributed by atoms with van der Waals surface area (Å²) in [6.45, 7) is 6.16. The van der Waals surface area contributed by atoms with Crippen LogP contribution < -0.4 is 11.3 Å². The maximum atomic E-state index is 9.62. The minimum Gasteiger partial charge on any atom is -0.508 e. The quantitative estimate of drug-likeness (QED) is 0.510. The first kappa shape index (κ1) is 11.0. The smallest absolute Gasteiger partial charge is 0.120 e. The Hall–Kier alpha value is -1.06. The molecule has 0 spiro atoms. The van der Waals surface area contributed by atoms with Crippen LogP contribution >= 0.6 is 0 Å². The Morgan fingerprint density at radius 2 is 1.93 bits per heavy atom. The molecule has 1 unspecified atom stereocenters. The van der Waals surface area contributed by atoms with E-state index in [2.05, 4.69) is 19.3 Å². The van der Waals surface area contributed by atoms with Gasteiger partial charge >= 0.3 is 0 Å². The number of rotatable bonds is 3. The van der Waals surface area contributed by atoms with E-state index >= 15 is 0 Å². The van der Waals surface area contributed by atoms with E-state index in [4.69, 9.17) is 5.84 Å². The van der Waals surface area contributed by atoms with E-state index < -0.39 is 0 Å². The molecule has 0 aliphatic carbocycles. The van der Waals surface area contributed by atoms with E-state index in [1.807, 2.05) is 19.1 Å². The Labute approximate surface area is 84.9 Å². The summed E-state index contributed by atoms with van der Waals surface area (Å²) in [5.74, 6) is 6.09. The molecule has 0 radical (unpaired) electrons. The van der Waals surface area contributed by atoms with Crippen molar-refractivity contribution < 1.29 is 5.11 Å². The van der Waals surface area contributed by atoms with Crippen molar-refractivity contribution in [3.05, 3.63) is 29.3 Å². The molecule has 0 aliphatic rings. The Morgan fingerprint density at radius 1 is 1.29 bits per heavy atom. The van der Waals surface area contributed by atoms with Crippen molar-refractivity contribution in [3.63, 3.8) is 0 Å². The molecule has 0 amide bonds. The first-order valence-electron chi connectivity index (χ1n) is 4.85. The van der Waals surface area contributed by atoms with Gasteiger partial charge < -0.3 is 5.11 Å². The number of aromatic hydroxyl groups is 1. The minimum atomic E-state index is -0.0336. The van der Waals surface area contributed by atoms with Gasteiger partial charge in [0.25, 0.3) is 0 Å². The standard InChI is InChI=1S/C11H18N2O/c1-7(2)9-4-5-11(14)10(6-9)8(3)13-12/h4-8,13-14H,12H2,1-3H3. The molecule has 1 aromatic carbocycles. The van der Waals surface area contributed by atoms with Gasteiger partial charge in [0.15, 0.2) is 0 Å². The predicted octanol–water partition coefficient (Wildman–Crippen LogP) is 2.04. The van der Waals surface area contributed by atoms with Gasteiger partial charge in [-0.25, -0.2) is 0 Å². The summed E-state index contributed by atoms with van der Waals surface area (Å²) >= 11 is 0. The molecule has 0 saturated heterocycles. The van der Waals surface area contributed by atoms with E-state index in [9.17, 15) is 5.11 Å². The van der Waals surface area contributed by atoms with Gasteiger partial charge in [0.2, 0.25) is 0 Å². The van der Waals surface area contributed by atoms with Crippen LogP contribution in [0.1, 0.15) is 43.9 Å². The zero-order valence-electron chi connectivity index (χ0n) is 8.91. The number of hydrogen-bond acceptors (Lipinski definition) is 3. The Balaban J connectivity index is 3.08. The molecule has 14 heavy (non-hydrogen) atoms. The average molecular weight is 194 g/mol. The third-order valence-electron chi connectivity index (χ3n) is 2.43. The second kappa shape index (κ2) is 4.44. The Kier molecular flexibility index (Phi) is 3.49. The number of phenolic OH excluding ortho intramolecular Hbond substituents is 1. The van der Waals surface area contributed by atoms with Crippen molar-refractivity contribution >= 4 is 0 Å². The summed E-state index contributed by atoms with van der Waals surface area (Å²) in [6, 6.07) is 5.61. The highest BCUT2D eigenvalue weighted by Gasteiger charge is 2.10. The number of nitrogens with one attached hydrogen (secondary N) is 1. The number of hydrogen-bond donors (Lipinski definition) is 3. The van der Waals surface area contributed by atoms with Crippen LogP contribution in [-0.4, -0.2) is 5.11 Å². The van der Waals surface area contributed by atoms with Gasteiger partial charge in [0.1, 0.15) is 5.75 Å². The zero-order valence-corrected chi connectivity index (χ0v) is 8.91. The van der Waals surface area contributed by atoms with Crippen LogP contribution in [0, 0.1) is 0 Å². The van der Waals surface area contributed by atoms with Gasteiger partial charge in [-0.3, -0.25) is 11.3 Å². The third kappa shape index (κ3) is 2.25. The van der Waals surface area contributed by atoms with Crippen molar-refractivity contribution in [2.45, 2.75) is 32.7 Å². The predicted molar refractivity (Wildman–Crippen MR) is 57.9 cm³/mol. The monoisotopic (exact) mass is 194 g/mol. The fraction of sp³-hybridized carbons (Fsp3) is 0.455. The summed E-state index contributed by atoms with van der Waals surface area (Å²) in [6.07, 6.45) is 0. The van der Waals surface area contributed by atoms with Gasteiger partial charge in [0.05, 0.1) is 0 Å². The molecule has 0 aromatic heterocycles. The summed E-state index contributed by atoms with van der Waals surface area (Å²) in [7, 11) is 0. The van der Waals surface area contributed by atoms with Crippen LogP contribution in [0.4, 0.5) is 0 Å². The van der Waals surface area contributed by atoms with Gasteiger partial charge in [-0.05, 0) is 24.5 Å². The molecule has 1 atom stereocenters. The average Bonchev–Trinajstić information content (AvgIpc) is 2.17. The molecule has 3 heteroatoms. The Morgan fingerprint density at radius 3 is 2.43 bits per heavy atom. The molecule has 0 aliphatic heterocycles. The molecule has 0 bridgehead atoms. The Bertz CT molecular complexity index is 310. The summed E-state index contributed by atoms with van der Waals surface area (Å²) in [4.78, 5) is 0. The molecular formula is C11H18N2O. The second-order valence-electron chi connectivity index (χ2n) is 3.86. The van der Waals surface area contributed by atoms with E-state index in [1.54, 1.807) is 6.07 Å². The summed E-state index contributed by atoms with van der Waals surface area (Å²) in [5.41, 5.74) is 4.68. The van der Waals surface area contributed by atoms with Crippen LogP contribution in [0.3, 0.4) is 0 Å². The molecule has 3 nitrogen and oxygen atoms in total. The van der Waals surface area contributed by atoms with Crippen molar-refractivity contribution in [2.24, 2.45) is 5.84 Å². The normalized spacial score (nSPS) is 13.2. The van der Waals surface area contributed by atoms with Gasteiger partial charge in [-0.1, -0.05) is 26.0 Å². The summed E-state index contributed by atoms with van der Waals surface area (Å²) < 4.78 is 0. The van der Waals surface area contributed by atoms with Gasteiger partial charge in [0, 0.05) is 11.6 Å². The van der Waals surface area contributed by atoms with Crippen molar-refractivity contribution in [3.8, 4) is 5.75 Å². The molecule has 0 fully saturated rings. The van der Waals surface area contributed by atoms with E-state index in [0.29, 0.717) is 11.7 Å². The third-order valence-corrected chi connectivity index (χ3v) is 2.43. The number of benzene rings is 1. The van der Waals surface area contributed by atoms with Crippen molar-refractivity contribution in [1.82, 2.24) is 5.43 Å². The molecule has 78 valence electrons. The van der Waals surface area contributed by atoms with Crippen LogP contribution in [0.15, 0.2) is 18.2 Å². The van der Waals surface area contributed by atoms with Gasteiger partial charge in [-0.2, -0.15) is 0 Å². The van der Waals surface area contributed by atoms with E-state index in [0.717, 1.165) is 5.56 Å². The zero-order chi connectivity index (χ0) is 10.7. The first-order valence-corrected chi connectivity index (χ1v) is 4.85. The second-order valence-corrected chi connectivity index (χ2v) is 3.86. The van der Waals surface area contributed by atoms with Crippen LogP contribution in [0.5, 0.6) is 5.75 Å². The fourth-order valence-corrected chi connectivity index (χ4v) is 1.37. The molecular weight excluding hydrogens is 176 g/mol. The molecule has 0 heterocycles. The van der Waals surface area contributed by atoms with Crippen LogP contribution in [0.25, 0.3) is 0 Å². The fourth-order valence-electron chi connectivity index (χ4n) is 1.37. The van der Waals surface area contributed by atoms with E-state index in [-0.39, 0.29) is 6.04 Å². The minimum absolute atomic E-state index is 0.0336. The maximum absolute atomic E-state index is 9.62. The molecule has 1 rings (SSSR count). The topological polar surface area (TPSA) is 58.3 Å². The highest BCUT2D eigenvalue weighted by molar-refractivity contribution is 5.39. The van der Waals surface area contributed by atoms with Gasteiger partial charge in [-0.15, -0.1) is 0 Å². The lowest BCUT2D eigenvalue weighted by Crippen LogP contribution is -2.25. The molecule has 1 aromatic rings. The van der Waals surface area contributed by atoms with Crippen LogP contribution in [-0.2, 0) is 0 Å².